The number of hydrogen-bond acceptors (Lipinski definition) is 4. The molecule has 0 spiro atoms. The first-order valence-electron chi connectivity index (χ1n) is 6.03. The van der Waals surface area contributed by atoms with Gasteiger partial charge in [-0.05, 0) is 12.0 Å². The van der Waals surface area contributed by atoms with Crippen LogP contribution in [0.3, 0.4) is 0 Å². The number of nitrogens with two attached hydrogens (primary N) is 1. The highest BCUT2D eigenvalue weighted by molar-refractivity contribution is 5.98. The van der Waals surface area contributed by atoms with Gasteiger partial charge in [-0.15, -0.1) is 0 Å². The Morgan fingerprint density at radius 3 is 2.89 bits per heavy atom. The Balaban J connectivity index is 2.97. The molecule has 0 bridgehead atoms. The van der Waals surface area contributed by atoms with Crippen LogP contribution in [0.1, 0.15) is 30.6 Å². The standard InChI is InChI=1S/C13H17FN4O/c1-9(2)8-18(5-3-4-15)13(19)11-6-10(14)7-17-12(11)16/h6-7,9H,3,5,8H2,1-2H3,(H2,16,17). The SMILES string of the molecule is CC(C)CN(CCC#N)C(=O)c1cc(F)cnc1N. The number of pyridine rings is 1. The van der Waals surface area contributed by atoms with Gasteiger partial charge in [-0.25, -0.2) is 9.37 Å². The van der Waals surface area contributed by atoms with E-state index >= 15 is 0 Å². The van der Waals surface area contributed by atoms with Crippen molar-refractivity contribution >= 4 is 11.7 Å². The summed E-state index contributed by atoms with van der Waals surface area (Å²) in [5.74, 6) is -0.765. The van der Waals surface area contributed by atoms with Crippen LogP contribution in [0.25, 0.3) is 0 Å². The lowest BCUT2D eigenvalue weighted by atomic mass is 10.1. The third kappa shape index (κ3) is 4.21. The number of carbonyl (C=O) groups excluding carboxylic acids is 1. The summed E-state index contributed by atoms with van der Waals surface area (Å²) in [5, 5.41) is 8.62. The van der Waals surface area contributed by atoms with Crippen molar-refractivity contribution in [2.75, 3.05) is 18.8 Å². The van der Waals surface area contributed by atoms with E-state index in [0.717, 1.165) is 12.3 Å². The Morgan fingerprint density at radius 2 is 2.32 bits per heavy atom. The van der Waals surface area contributed by atoms with Crippen molar-refractivity contribution in [3.05, 3.63) is 23.6 Å². The molecule has 0 saturated carbocycles. The van der Waals surface area contributed by atoms with E-state index < -0.39 is 11.7 Å². The van der Waals surface area contributed by atoms with Gasteiger partial charge in [0.25, 0.3) is 5.91 Å². The first kappa shape index (κ1) is 14.9. The maximum atomic E-state index is 13.1. The fourth-order valence-electron chi connectivity index (χ4n) is 1.69. The van der Waals surface area contributed by atoms with E-state index in [9.17, 15) is 9.18 Å². The number of nitriles is 1. The molecule has 19 heavy (non-hydrogen) atoms. The first-order valence-corrected chi connectivity index (χ1v) is 6.03. The molecule has 0 aromatic carbocycles. The van der Waals surface area contributed by atoms with Crippen molar-refractivity contribution in [1.29, 1.82) is 5.26 Å². The minimum absolute atomic E-state index is 0.00267. The van der Waals surface area contributed by atoms with E-state index in [-0.39, 0.29) is 23.7 Å². The maximum Gasteiger partial charge on any atom is 0.257 e. The van der Waals surface area contributed by atoms with Gasteiger partial charge in [0.05, 0.1) is 24.3 Å². The Hall–Kier alpha value is -2.16. The molecule has 1 aromatic rings. The van der Waals surface area contributed by atoms with Gasteiger partial charge in [-0.1, -0.05) is 13.8 Å². The molecule has 0 aliphatic rings. The number of halogens is 1. The highest BCUT2D eigenvalue weighted by Crippen LogP contribution is 2.14. The van der Waals surface area contributed by atoms with E-state index in [1.165, 1.54) is 4.90 Å². The fourth-order valence-corrected chi connectivity index (χ4v) is 1.69. The quantitative estimate of drug-likeness (QED) is 0.879. The minimum atomic E-state index is -0.609. The summed E-state index contributed by atoms with van der Waals surface area (Å²) in [4.78, 5) is 17.4. The van der Waals surface area contributed by atoms with E-state index in [2.05, 4.69) is 4.98 Å². The Kier molecular flexibility index (Phi) is 5.24. The van der Waals surface area contributed by atoms with Crippen molar-refractivity contribution in [3.63, 3.8) is 0 Å². The summed E-state index contributed by atoms with van der Waals surface area (Å²) < 4.78 is 13.1. The summed E-state index contributed by atoms with van der Waals surface area (Å²) >= 11 is 0. The molecule has 6 heteroatoms. The first-order chi connectivity index (χ1) is 8.95. The van der Waals surface area contributed by atoms with Gasteiger partial charge in [0, 0.05) is 13.1 Å². The molecule has 1 rings (SSSR count). The van der Waals surface area contributed by atoms with Gasteiger partial charge in [0.2, 0.25) is 0 Å². The topological polar surface area (TPSA) is 83.0 Å². The number of nitrogen functional groups attached to an aromatic ring is 1. The molecule has 0 fully saturated rings. The molecule has 2 N–H and O–H groups in total. The lowest BCUT2D eigenvalue weighted by Crippen LogP contribution is -2.35. The second kappa shape index (κ2) is 6.69. The number of amides is 1. The second-order valence-electron chi connectivity index (χ2n) is 4.64. The van der Waals surface area contributed by atoms with Crippen LogP contribution in [0, 0.1) is 23.1 Å². The highest BCUT2D eigenvalue weighted by atomic mass is 19.1. The molecule has 1 amide bonds. The third-order valence-electron chi connectivity index (χ3n) is 2.48. The average molecular weight is 264 g/mol. The van der Waals surface area contributed by atoms with E-state index in [0.29, 0.717) is 13.1 Å². The summed E-state index contributed by atoms with van der Waals surface area (Å²) in [6.45, 7) is 4.69. The van der Waals surface area contributed by atoms with Crippen molar-refractivity contribution < 1.29 is 9.18 Å². The molecule has 0 saturated heterocycles. The fraction of sp³-hybridized carbons (Fsp3) is 0.462. The zero-order valence-corrected chi connectivity index (χ0v) is 11.1. The van der Waals surface area contributed by atoms with Crippen LogP contribution < -0.4 is 5.73 Å². The summed E-state index contributed by atoms with van der Waals surface area (Å²) in [6, 6.07) is 3.06. The number of carbonyl (C=O) groups is 1. The molecule has 1 aromatic heterocycles. The summed E-state index contributed by atoms with van der Waals surface area (Å²) in [5.41, 5.74) is 5.64. The van der Waals surface area contributed by atoms with Crippen molar-refractivity contribution in [3.8, 4) is 6.07 Å². The van der Waals surface area contributed by atoms with Crippen LogP contribution in [0.2, 0.25) is 0 Å². The molecule has 102 valence electrons. The predicted molar refractivity (Wildman–Crippen MR) is 69.6 cm³/mol. The lowest BCUT2D eigenvalue weighted by molar-refractivity contribution is 0.0740. The molecule has 0 atom stereocenters. The van der Waals surface area contributed by atoms with Crippen LogP contribution in [-0.2, 0) is 0 Å². The number of hydrogen-bond donors (Lipinski definition) is 1. The van der Waals surface area contributed by atoms with Gasteiger partial charge in [0.1, 0.15) is 11.6 Å². The summed E-state index contributed by atoms with van der Waals surface area (Å²) in [6.07, 6.45) is 1.19. The summed E-state index contributed by atoms with van der Waals surface area (Å²) in [7, 11) is 0. The molecule has 0 unspecified atom stereocenters. The van der Waals surface area contributed by atoms with Gasteiger partial charge in [0.15, 0.2) is 0 Å². The Bertz CT molecular complexity index is 496. The van der Waals surface area contributed by atoms with E-state index in [1.54, 1.807) is 0 Å². The molecule has 0 aliphatic heterocycles. The van der Waals surface area contributed by atoms with Crippen molar-refractivity contribution in [1.82, 2.24) is 9.88 Å². The monoisotopic (exact) mass is 264 g/mol. The van der Waals surface area contributed by atoms with Crippen LogP contribution in [0.15, 0.2) is 12.3 Å². The largest absolute Gasteiger partial charge is 0.383 e. The molecular formula is C13H17FN4O. The Morgan fingerprint density at radius 1 is 1.63 bits per heavy atom. The third-order valence-corrected chi connectivity index (χ3v) is 2.48. The van der Waals surface area contributed by atoms with Gasteiger partial charge in [-0.2, -0.15) is 5.26 Å². The molecule has 0 radical (unpaired) electrons. The average Bonchev–Trinajstić information content (AvgIpc) is 2.36. The zero-order valence-electron chi connectivity index (χ0n) is 11.1. The van der Waals surface area contributed by atoms with Gasteiger partial charge in [-0.3, -0.25) is 4.79 Å². The van der Waals surface area contributed by atoms with Crippen LogP contribution in [-0.4, -0.2) is 28.9 Å². The molecule has 0 aliphatic carbocycles. The maximum absolute atomic E-state index is 13.1. The minimum Gasteiger partial charge on any atom is -0.383 e. The van der Waals surface area contributed by atoms with E-state index in [1.807, 2.05) is 19.9 Å². The van der Waals surface area contributed by atoms with Gasteiger partial charge < -0.3 is 10.6 Å². The van der Waals surface area contributed by atoms with Gasteiger partial charge >= 0.3 is 0 Å². The molecular weight excluding hydrogens is 247 g/mol. The van der Waals surface area contributed by atoms with Crippen LogP contribution >= 0.6 is 0 Å². The normalized spacial score (nSPS) is 10.3. The molecule has 1 heterocycles. The van der Waals surface area contributed by atoms with Crippen molar-refractivity contribution in [2.24, 2.45) is 5.92 Å². The smallest absolute Gasteiger partial charge is 0.257 e. The number of nitrogens with zero attached hydrogens (tertiary/aromatic N) is 3. The highest BCUT2D eigenvalue weighted by Gasteiger charge is 2.20. The number of anilines is 1. The second-order valence-corrected chi connectivity index (χ2v) is 4.64. The predicted octanol–water partition coefficient (Wildman–Crippen LogP) is 1.81. The zero-order chi connectivity index (χ0) is 14.4. The van der Waals surface area contributed by atoms with Crippen molar-refractivity contribution in [2.45, 2.75) is 20.3 Å². The molecule has 5 nitrogen and oxygen atoms in total. The lowest BCUT2D eigenvalue weighted by Gasteiger charge is -2.24. The van der Waals surface area contributed by atoms with Crippen LogP contribution in [0.5, 0.6) is 0 Å². The van der Waals surface area contributed by atoms with E-state index in [4.69, 9.17) is 11.0 Å². The number of rotatable bonds is 5. The van der Waals surface area contributed by atoms with Crippen LogP contribution in [0.4, 0.5) is 10.2 Å². The Labute approximate surface area is 111 Å². The number of aromatic nitrogens is 1.